The molecule has 0 radical (unpaired) electrons. The molecule has 0 atom stereocenters. The first kappa shape index (κ1) is 18.1. The molecule has 0 saturated carbocycles. The van der Waals surface area contributed by atoms with Crippen molar-refractivity contribution in [3.05, 3.63) is 29.0 Å². The van der Waals surface area contributed by atoms with Gasteiger partial charge in [-0.05, 0) is 25.1 Å². The number of carbonyl (C=O) groups excluding carboxylic acids is 1. The molecule has 0 unspecified atom stereocenters. The molecule has 8 nitrogen and oxygen atoms in total. The molecule has 0 aliphatic carbocycles. The van der Waals surface area contributed by atoms with E-state index >= 15 is 0 Å². The fourth-order valence-corrected chi connectivity index (χ4v) is 3.99. The first-order chi connectivity index (χ1) is 11.2. The Morgan fingerprint density at radius 3 is 2.54 bits per heavy atom. The summed E-state index contributed by atoms with van der Waals surface area (Å²) in [6, 6.07) is 4.60. The molecule has 1 aromatic carbocycles. The van der Waals surface area contributed by atoms with E-state index in [1.165, 1.54) is 24.8 Å². The van der Waals surface area contributed by atoms with Crippen LogP contribution in [0.25, 0.3) is 0 Å². The van der Waals surface area contributed by atoms with Gasteiger partial charge >= 0.3 is 0 Å². The quantitative estimate of drug-likeness (QED) is 0.837. The highest BCUT2D eigenvalue weighted by Crippen LogP contribution is 2.32. The number of anilines is 2. The van der Waals surface area contributed by atoms with Gasteiger partial charge < -0.3 is 10.1 Å². The lowest BCUT2D eigenvalue weighted by Gasteiger charge is -2.13. The Morgan fingerprint density at radius 2 is 2.04 bits per heavy atom. The van der Waals surface area contributed by atoms with Crippen LogP contribution in [-0.2, 0) is 21.9 Å². The molecular formula is C14H17ClN4O4S. The van der Waals surface area contributed by atoms with Crippen molar-refractivity contribution in [3.63, 3.8) is 0 Å². The lowest BCUT2D eigenvalue weighted by Crippen LogP contribution is -2.15. The van der Waals surface area contributed by atoms with Gasteiger partial charge in [-0.25, -0.2) is 8.42 Å². The van der Waals surface area contributed by atoms with Crippen molar-refractivity contribution in [3.8, 4) is 5.75 Å². The van der Waals surface area contributed by atoms with E-state index in [1.54, 1.807) is 26.1 Å². The number of nitrogens with zero attached hydrogens (tertiary/aromatic N) is 2. The third-order valence-electron chi connectivity index (χ3n) is 3.13. The number of aromatic nitrogens is 2. The average molecular weight is 373 g/mol. The van der Waals surface area contributed by atoms with E-state index in [1.807, 2.05) is 0 Å². The molecular weight excluding hydrogens is 356 g/mol. The maximum absolute atomic E-state index is 12.7. The molecule has 24 heavy (non-hydrogen) atoms. The molecule has 0 saturated heterocycles. The number of benzene rings is 1. The van der Waals surface area contributed by atoms with Crippen molar-refractivity contribution in [2.75, 3.05) is 17.1 Å². The summed E-state index contributed by atoms with van der Waals surface area (Å²) in [6.07, 6.45) is 0. The topological polar surface area (TPSA) is 102 Å². The number of rotatable bonds is 5. The molecule has 1 amide bonds. The zero-order valence-electron chi connectivity index (χ0n) is 13.5. The predicted octanol–water partition coefficient (Wildman–Crippen LogP) is 2.15. The maximum Gasteiger partial charge on any atom is 0.266 e. The van der Waals surface area contributed by atoms with Crippen molar-refractivity contribution >= 4 is 38.9 Å². The van der Waals surface area contributed by atoms with Crippen molar-refractivity contribution in [1.29, 1.82) is 0 Å². The van der Waals surface area contributed by atoms with Crippen molar-refractivity contribution in [2.45, 2.75) is 18.7 Å². The number of amides is 1. The van der Waals surface area contributed by atoms with Crippen LogP contribution in [0.4, 0.5) is 11.4 Å². The van der Waals surface area contributed by atoms with Crippen molar-refractivity contribution in [2.24, 2.45) is 7.05 Å². The van der Waals surface area contributed by atoms with Crippen LogP contribution in [0.2, 0.25) is 5.15 Å². The minimum absolute atomic E-state index is 0.00279. The molecule has 0 spiro atoms. The number of sulfonamides is 1. The van der Waals surface area contributed by atoms with Gasteiger partial charge in [-0.3, -0.25) is 14.2 Å². The van der Waals surface area contributed by atoms with Crippen LogP contribution < -0.4 is 14.8 Å². The Morgan fingerprint density at radius 1 is 1.38 bits per heavy atom. The number of aryl methyl sites for hydroxylation is 2. The largest absolute Gasteiger partial charge is 0.495 e. The van der Waals surface area contributed by atoms with Crippen LogP contribution in [0, 0.1) is 6.92 Å². The first-order valence-electron chi connectivity index (χ1n) is 6.83. The van der Waals surface area contributed by atoms with Gasteiger partial charge in [-0.1, -0.05) is 11.6 Å². The zero-order valence-corrected chi connectivity index (χ0v) is 15.1. The number of carbonyl (C=O) groups is 1. The summed E-state index contributed by atoms with van der Waals surface area (Å²) in [5.74, 6) is 0.0189. The lowest BCUT2D eigenvalue weighted by atomic mass is 10.2. The number of ether oxygens (including phenoxy) is 1. The average Bonchev–Trinajstić information content (AvgIpc) is 2.71. The van der Waals surface area contributed by atoms with Gasteiger partial charge in [0, 0.05) is 19.7 Å². The number of nitrogens with one attached hydrogen (secondary N) is 2. The van der Waals surface area contributed by atoms with Gasteiger partial charge in [0.25, 0.3) is 10.0 Å². The Hall–Kier alpha value is -2.26. The van der Waals surface area contributed by atoms with E-state index in [4.69, 9.17) is 16.3 Å². The molecule has 0 fully saturated rings. The zero-order chi connectivity index (χ0) is 18.1. The molecule has 0 bridgehead atoms. The maximum atomic E-state index is 12.7. The Labute approximate surface area is 144 Å². The second-order valence-corrected chi connectivity index (χ2v) is 7.01. The summed E-state index contributed by atoms with van der Waals surface area (Å²) in [4.78, 5) is 11.1. The Balaban J connectivity index is 2.46. The minimum atomic E-state index is -3.99. The van der Waals surface area contributed by atoms with Gasteiger partial charge in [-0.2, -0.15) is 5.10 Å². The smallest absolute Gasteiger partial charge is 0.266 e. The fourth-order valence-electron chi connectivity index (χ4n) is 2.18. The minimum Gasteiger partial charge on any atom is -0.495 e. The predicted molar refractivity (Wildman–Crippen MR) is 91.1 cm³/mol. The second-order valence-electron chi connectivity index (χ2n) is 5.03. The molecule has 0 aliphatic heterocycles. The first-order valence-corrected chi connectivity index (χ1v) is 8.69. The highest BCUT2D eigenvalue weighted by molar-refractivity contribution is 7.92. The summed E-state index contributed by atoms with van der Waals surface area (Å²) in [7, 11) is -1.03. The summed E-state index contributed by atoms with van der Waals surface area (Å²) < 4.78 is 34.2. The van der Waals surface area contributed by atoms with Crippen LogP contribution in [0.5, 0.6) is 5.75 Å². The molecule has 10 heteroatoms. The van der Waals surface area contributed by atoms with Crippen molar-refractivity contribution in [1.82, 2.24) is 9.78 Å². The second kappa shape index (κ2) is 6.70. The van der Waals surface area contributed by atoms with Crippen molar-refractivity contribution < 1.29 is 17.9 Å². The van der Waals surface area contributed by atoms with Crippen LogP contribution >= 0.6 is 11.6 Å². The van der Waals surface area contributed by atoms with Crippen LogP contribution in [0.3, 0.4) is 0 Å². The van der Waals surface area contributed by atoms with Gasteiger partial charge in [0.1, 0.15) is 15.8 Å². The monoisotopic (exact) mass is 372 g/mol. The standard InChI is InChI=1S/C14H17ClN4O4S/c1-8-13(14(15)19(3)17-8)24(21,22)18-11-7-10(16-9(2)20)5-6-12(11)23-4/h5-7,18H,1-4H3,(H,16,20). The molecule has 2 N–H and O–H groups in total. The highest BCUT2D eigenvalue weighted by atomic mass is 35.5. The SMILES string of the molecule is COc1ccc(NC(C)=O)cc1NS(=O)(=O)c1c(C)nn(C)c1Cl. The summed E-state index contributed by atoms with van der Waals surface area (Å²) in [5, 5.41) is 6.57. The third-order valence-corrected chi connectivity index (χ3v) is 5.19. The van der Waals surface area contributed by atoms with E-state index in [0.29, 0.717) is 11.4 Å². The van der Waals surface area contributed by atoms with E-state index in [-0.39, 0.29) is 27.3 Å². The Bertz CT molecular complexity index is 892. The van der Waals surface area contributed by atoms with Crippen LogP contribution in [-0.4, -0.2) is 31.2 Å². The van der Waals surface area contributed by atoms with Crippen LogP contribution in [0.1, 0.15) is 12.6 Å². The van der Waals surface area contributed by atoms with E-state index in [9.17, 15) is 13.2 Å². The van der Waals surface area contributed by atoms with E-state index in [0.717, 1.165) is 0 Å². The fraction of sp³-hybridized carbons (Fsp3) is 0.286. The highest BCUT2D eigenvalue weighted by Gasteiger charge is 2.26. The molecule has 0 aliphatic rings. The lowest BCUT2D eigenvalue weighted by molar-refractivity contribution is -0.114. The number of halogens is 1. The molecule has 130 valence electrons. The summed E-state index contributed by atoms with van der Waals surface area (Å²) in [5.41, 5.74) is 0.866. The van der Waals surface area contributed by atoms with Gasteiger partial charge in [0.2, 0.25) is 5.91 Å². The molecule has 1 heterocycles. The van der Waals surface area contributed by atoms with Gasteiger partial charge in [-0.15, -0.1) is 0 Å². The number of methoxy groups -OCH3 is 1. The molecule has 2 rings (SSSR count). The summed E-state index contributed by atoms with van der Waals surface area (Å²) >= 11 is 6.03. The van der Waals surface area contributed by atoms with Gasteiger partial charge in [0.05, 0.1) is 18.5 Å². The van der Waals surface area contributed by atoms with E-state index in [2.05, 4.69) is 15.1 Å². The number of hydrogen-bond donors (Lipinski definition) is 2. The molecule has 1 aromatic heterocycles. The Kier molecular flexibility index (Phi) is 5.05. The molecule has 2 aromatic rings. The van der Waals surface area contributed by atoms with Crippen LogP contribution in [0.15, 0.2) is 23.1 Å². The number of hydrogen-bond acceptors (Lipinski definition) is 5. The summed E-state index contributed by atoms with van der Waals surface area (Å²) in [6.45, 7) is 2.90. The third kappa shape index (κ3) is 3.62. The van der Waals surface area contributed by atoms with Gasteiger partial charge in [0.15, 0.2) is 0 Å². The van der Waals surface area contributed by atoms with E-state index < -0.39 is 10.0 Å². The normalized spacial score (nSPS) is 11.2.